The van der Waals surface area contributed by atoms with Crippen molar-refractivity contribution in [3.05, 3.63) is 99.6 Å². The fraction of sp³-hybridized carbons (Fsp3) is 0.273. The predicted octanol–water partition coefficient (Wildman–Crippen LogP) is 7.36. The van der Waals surface area contributed by atoms with Crippen LogP contribution in [-0.2, 0) is 0 Å². The molecule has 7 nitrogen and oxygen atoms in total. The molecule has 1 atom stereocenters. The van der Waals surface area contributed by atoms with Gasteiger partial charge in [0.25, 0.3) is 0 Å². The molecule has 2 heterocycles. The van der Waals surface area contributed by atoms with E-state index in [-0.39, 0.29) is 17.4 Å². The van der Waals surface area contributed by atoms with Gasteiger partial charge < -0.3 is 24.4 Å². The molecule has 0 spiro atoms. The van der Waals surface area contributed by atoms with Crippen LogP contribution in [0.4, 0.5) is 0 Å². The third-order valence-corrected chi connectivity index (χ3v) is 7.42. The molecule has 7 heteroatoms. The molecule has 0 amide bonds. The quantitative estimate of drug-likeness (QED) is 0.142. The lowest BCUT2D eigenvalue weighted by Gasteiger charge is -2.27. The van der Waals surface area contributed by atoms with Gasteiger partial charge in [-0.2, -0.15) is 5.26 Å². The molecule has 0 fully saturated rings. The minimum Gasteiger partial charge on any atom is -0.494 e. The first-order chi connectivity index (χ1) is 19.3. The Bertz CT molecular complexity index is 1670. The van der Waals surface area contributed by atoms with E-state index in [1.54, 1.807) is 18.2 Å². The minimum atomic E-state index is -0.604. The van der Waals surface area contributed by atoms with E-state index in [2.05, 4.69) is 13.0 Å². The zero-order valence-corrected chi connectivity index (χ0v) is 23.2. The number of ether oxygens (including phenoxy) is 3. The Morgan fingerprint density at radius 3 is 2.62 bits per heavy atom. The van der Waals surface area contributed by atoms with Gasteiger partial charge in [-0.15, -0.1) is 0 Å². The molecule has 204 valence electrons. The molecule has 0 radical (unpaired) electrons. The number of carbonyl (C=O) groups is 1. The summed E-state index contributed by atoms with van der Waals surface area (Å²) in [6.07, 6.45) is 3.20. The number of fused-ring (bicyclic) bond motifs is 2. The molecule has 1 unspecified atom stereocenters. The van der Waals surface area contributed by atoms with Gasteiger partial charge in [-0.1, -0.05) is 50.1 Å². The van der Waals surface area contributed by atoms with Crippen LogP contribution in [0.5, 0.6) is 17.2 Å². The number of benzene rings is 3. The van der Waals surface area contributed by atoms with Crippen LogP contribution >= 0.6 is 0 Å². The van der Waals surface area contributed by atoms with Crippen LogP contribution in [0.15, 0.2) is 70.5 Å². The second kappa shape index (κ2) is 11.2. The molecule has 1 aliphatic rings. The van der Waals surface area contributed by atoms with Crippen molar-refractivity contribution in [2.75, 3.05) is 6.61 Å². The molecule has 0 aliphatic carbocycles. The van der Waals surface area contributed by atoms with Gasteiger partial charge in [-0.3, -0.25) is 0 Å². The van der Waals surface area contributed by atoms with Crippen molar-refractivity contribution in [3.63, 3.8) is 0 Å². The van der Waals surface area contributed by atoms with E-state index in [9.17, 15) is 10.1 Å². The van der Waals surface area contributed by atoms with Gasteiger partial charge in [0.1, 0.15) is 34.5 Å². The maximum atomic E-state index is 13.1. The lowest BCUT2D eigenvalue weighted by molar-refractivity contribution is 0.0702. The number of aryl methyl sites for hydroxylation is 3. The fourth-order valence-corrected chi connectivity index (χ4v) is 5.03. The number of furan rings is 1. The Morgan fingerprint density at radius 2 is 1.85 bits per heavy atom. The molecule has 1 aromatic heterocycles. The van der Waals surface area contributed by atoms with Crippen LogP contribution in [0, 0.1) is 32.1 Å². The highest BCUT2D eigenvalue weighted by Crippen LogP contribution is 2.44. The molecule has 4 aromatic rings. The van der Waals surface area contributed by atoms with Gasteiger partial charge in [0.15, 0.2) is 0 Å². The number of unbranched alkanes of at least 4 members (excludes halogenated alkanes) is 2. The monoisotopic (exact) mass is 536 g/mol. The van der Waals surface area contributed by atoms with Crippen LogP contribution < -0.4 is 19.9 Å². The van der Waals surface area contributed by atoms with Gasteiger partial charge in [0.05, 0.1) is 12.5 Å². The lowest BCUT2D eigenvalue weighted by Crippen LogP contribution is -2.21. The predicted molar refractivity (Wildman–Crippen MR) is 153 cm³/mol. The average molecular weight is 537 g/mol. The maximum absolute atomic E-state index is 13.1. The summed E-state index contributed by atoms with van der Waals surface area (Å²) >= 11 is 0. The van der Waals surface area contributed by atoms with Gasteiger partial charge in [0.2, 0.25) is 11.6 Å². The molecule has 2 N–H and O–H groups in total. The van der Waals surface area contributed by atoms with E-state index in [1.165, 1.54) is 0 Å². The van der Waals surface area contributed by atoms with E-state index in [0.717, 1.165) is 58.2 Å². The fourth-order valence-electron chi connectivity index (χ4n) is 5.03. The Hall–Kier alpha value is -4.70. The molecular weight excluding hydrogens is 504 g/mol. The molecule has 0 saturated carbocycles. The van der Waals surface area contributed by atoms with E-state index in [0.29, 0.717) is 23.5 Å². The van der Waals surface area contributed by atoms with Crippen molar-refractivity contribution < 1.29 is 23.4 Å². The highest BCUT2D eigenvalue weighted by Gasteiger charge is 2.31. The van der Waals surface area contributed by atoms with Crippen LogP contribution in [0.3, 0.4) is 0 Å². The summed E-state index contributed by atoms with van der Waals surface area (Å²) in [4.78, 5) is 13.1. The van der Waals surface area contributed by atoms with Crippen molar-refractivity contribution in [2.45, 2.75) is 52.9 Å². The maximum Gasteiger partial charge on any atom is 0.379 e. The Kier molecular flexibility index (Phi) is 7.52. The zero-order chi connectivity index (χ0) is 28.4. The largest absolute Gasteiger partial charge is 0.494 e. The highest BCUT2D eigenvalue weighted by molar-refractivity contribution is 5.98. The SMILES string of the molecule is CCCCCOc1cccc(C2C(C#N)=C(N)Oc3cc(OC(=O)c4oc5c(C)c(C)ccc5c4C)ccc32)c1. The summed E-state index contributed by atoms with van der Waals surface area (Å²) in [6, 6.07) is 18.9. The van der Waals surface area contributed by atoms with Gasteiger partial charge in [-0.25, -0.2) is 4.79 Å². The molecule has 5 rings (SSSR count). The molecule has 1 aliphatic heterocycles. The first kappa shape index (κ1) is 26.9. The summed E-state index contributed by atoms with van der Waals surface area (Å²) in [7, 11) is 0. The van der Waals surface area contributed by atoms with Crippen LogP contribution in [0.2, 0.25) is 0 Å². The Labute approximate surface area is 233 Å². The first-order valence-electron chi connectivity index (χ1n) is 13.5. The van der Waals surface area contributed by atoms with Crippen molar-refractivity contribution in [3.8, 4) is 23.3 Å². The topological polar surface area (TPSA) is 108 Å². The van der Waals surface area contributed by atoms with Crippen LogP contribution in [-0.4, -0.2) is 12.6 Å². The molecule has 3 aromatic carbocycles. The van der Waals surface area contributed by atoms with Gasteiger partial charge >= 0.3 is 5.97 Å². The van der Waals surface area contributed by atoms with Crippen molar-refractivity contribution in [2.24, 2.45) is 5.73 Å². The molecule has 0 bridgehead atoms. The number of rotatable bonds is 8. The molecular formula is C33H32N2O5. The van der Waals surface area contributed by atoms with Crippen LogP contribution in [0.1, 0.15) is 70.5 Å². The summed E-state index contributed by atoms with van der Waals surface area (Å²) in [6.45, 7) is 8.59. The van der Waals surface area contributed by atoms with Gasteiger partial charge in [0, 0.05) is 22.6 Å². The first-order valence-corrected chi connectivity index (χ1v) is 13.5. The number of hydrogen-bond acceptors (Lipinski definition) is 7. The van der Waals surface area contributed by atoms with E-state index >= 15 is 0 Å². The second-order valence-corrected chi connectivity index (χ2v) is 10.1. The van der Waals surface area contributed by atoms with Crippen LogP contribution in [0.25, 0.3) is 11.0 Å². The summed E-state index contributed by atoms with van der Waals surface area (Å²) < 4.78 is 23.4. The number of esters is 1. The summed E-state index contributed by atoms with van der Waals surface area (Å²) in [5.74, 6) is 0.521. The number of hydrogen-bond donors (Lipinski definition) is 1. The smallest absolute Gasteiger partial charge is 0.379 e. The van der Waals surface area contributed by atoms with Crippen molar-refractivity contribution in [1.29, 1.82) is 5.26 Å². The molecule has 40 heavy (non-hydrogen) atoms. The van der Waals surface area contributed by atoms with E-state index < -0.39 is 11.9 Å². The summed E-state index contributed by atoms with van der Waals surface area (Å²) in [5, 5.41) is 10.8. The zero-order valence-electron chi connectivity index (χ0n) is 23.2. The summed E-state index contributed by atoms with van der Waals surface area (Å²) in [5.41, 5.74) is 11.6. The van der Waals surface area contributed by atoms with E-state index in [4.69, 9.17) is 24.4 Å². The van der Waals surface area contributed by atoms with Crippen molar-refractivity contribution >= 4 is 16.9 Å². The Morgan fingerprint density at radius 1 is 1.02 bits per heavy atom. The van der Waals surface area contributed by atoms with Gasteiger partial charge in [-0.05, 0) is 62.1 Å². The Balaban J connectivity index is 1.43. The number of nitrogens with zero attached hydrogens (tertiary/aromatic N) is 1. The number of allylic oxidation sites excluding steroid dienone is 1. The third-order valence-electron chi connectivity index (χ3n) is 7.42. The highest BCUT2D eigenvalue weighted by atomic mass is 16.5. The molecule has 0 saturated heterocycles. The third kappa shape index (κ3) is 5.01. The standard InChI is InChI=1S/C33H32N2O5/c1-5-6-7-15-37-23-10-8-9-22(16-23)29-26-14-12-24(17-28(26)39-32(35)27(29)18-34)38-33(36)31-21(4)25-13-11-19(2)20(3)30(25)40-31/h8-14,16-17,29H,5-7,15,35H2,1-4H3. The normalized spacial score (nSPS) is 14.4. The number of carbonyl (C=O) groups excluding carboxylic acids is 1. The average Bonchev–Trinajstić information content (AvgIpc) is 3.29. The lowest BCUT2D eigenvalue weighted by atomic mass is 9.83. The van der Waals surface area contributed by atoms with Crippen molar-refractivity contribution in [1.82, 2.24) is 0 Å². The second-order valence-electron chi connectivity index (χ2n) is 10.1. The van der Waals surface area contributed by atoms with E-state index in [1.807, 2.05) is 57.2 Å². The minimum absolute atomic E-state index is 0.0108. The number of nitrogens with two attached hydrogens (primary N) is 1. The number of nitriles is 1.